The first-order valence-electron chi connectivity index (χ1n) is 10.3. The van der Waals surface area contributed by atoms with Gasteiger partial charge in [-0.05, 0) is 45.4 Å². The van der Waals surface area contributed by atoms with Crippen LogP contribution in [-0.4, -0.2) is 49.1 Å². The first kappa shape index (κ1) is 22.0. The molecule has 0 unspecified atom stereocenters. The molecule has 1 aliphatic heterocycles. The van der Waals surface area contributed by atoms with Gasteiger partial charge < -0.3 is 15.3 Å². The number of benzene rings is 1. The van der Waals surface area contributed by atoms with Gasteiger partial charge in [0.05, 0.1) is 18.3 Å². The molecule has 3 N–H and O–H groups in total. The highest BCUT2D eigenvalue weighted by Crippen LogP contribution is 2.32. The summed E-state index contributed by atoms with van der Waals surface area (Å²) in [7, 11) is 0. The second-order valence-corrected chi connectivity index (χ2v) is 9.22. The summed E-state index contributed by atoms with van der Waals surface area (Å²) in [6.07, 6.45) is 1.84. The zero-order valence-corrected chi connectivity index (χ0v) is 18.9. The van der Waals surface area contributed by atoms with Gasteiger partial charge in [-0.25, -0.2) is 9.78 Å². The normalized spacial score (nSPS) is 20.9. The summed E-state index contributed by atoms with van der Waals surface area (Å²) in [6.45, 7) is 5.56. The summed E-state index contributed by atoms with van der Waals surface area (Å²) >= 11 is 1.49. The zero-order valence-electron chi connectivity index (χ0n) is 18.1. The largest absolute Gasteiger partial charge is 0.386 e. The third kappa shape index (κ3) is 4.37. The van der Waals surface area contributed by atoms with E-state index >= 15 is 0 Å². The van der Waals surface area contributed by atoms with Crippen molar-refractivity contribution in [1.82, 2.24) is 19.4 Å². The second kappa shape index (κ2) is 8.36. The summed E-state index contributed by atoms with van der Waals surface area (Å²) in [4.78, 5) is 45.4. The van der Waals surface area contributed by atoms with E-state index in [9.17, 15) is 19.5 Å². The Balaban J connectivity index is 1.52. The SMILES string of the molecule is Cc1csc(Nc2cccc(C(=O)N3CC[C@H](n4cc(C)c(=O)[nH]c4=O)[C@@](C)(O)C3)c2)n1. The summed E-state index contributed by atoms with van der Waals surface area (Å²) in [5.41, 5.74) is 0.195. The van der Waals surface area contributed by atoms with Gasteiger partial charge in [0, 0.05) is 34.9 Å². The number of piperidine rings is 1. The van der Waals surface area contributed by atoms with Crippen molar-refractivity contribution < 1.29 is 9.90 Å². The van der Waals surface area contributed by atoms with Crippen molar-refractivity contribution in [2.45, 2.75) is 38.8 Å². The van der Waals surface area contributed by atoms with Crippen LogP contribution in [0.15, 0.2) is 45.4 Å². The summed E-state index contributed by atoms with van der Waals surface area (Å²) in [5.74, 6) is -0.201. The van der Waals surface area contributed by atoms with Crippen molar-refractivity contribution in [2.75, 3.05) is 18.4 Å². The molecule has 1 fully saturated rings. The minimum absolute atomic E-state index is 0.0600. The molecule has 168 valence electrons. The number of anilines is 2. The summed E-state index contributed by atoms with van der Waals surface area (Å²) in [6, 6.07) is 6.59. The lowest BCUT2D eigenvalue weighted by molar-refractivity contribution is -0.0504. The van der Waals surface area contributed by atoms with E-state index in [1.807, 2.05) is 18.4 Å². The predicted octanol–water partition coefficient (Wildman–Crippen LogP) is 2.19. The molecular weight excluding hydrogens is 430 g/mol. The van der Waals surface area contributed by atoms with Crippen molar-refractivity contribution in [1.29, 1.82) is 0 Å². The van der Waals surface area contributed by atoms with E-state index in [4.69, 9.17) is 0 Å². The van der Waals surface area contributed by atoms with Gasteiger partial charge in [0.25, 0.3) is 11.5 Å². The van der Waals surface area contributed by atoms with Gasteiger partial charge in [0.15, 0.2) is 5.13 Å². The Morgan fingerprint density at radius 1 is 1.34 bits per heavy atom. The third-order valence-corrected chi connectivity index (χ3v) is 6.53. The fourth-order valence-corrected chi connectivity index (χ4v) is 4.75. The Morgan fingerprint density at radius 2 is 2.12 bits per heavy atom. The Labute approximate surface area is 188 Å². The molecule has 1 saturated heterocycles. The molecule has 10 heteroatoms. The van der Waals surface area contributed by atoms with Gasteiger partial charge in [0.2, 0.25) is 0 Å². The highest BCUT2D eigenvalue weighted by molar-refractivity contribution is 7.13. The minimum atomic E-state index is -1.35. The quantitative estimate of drug-likeness (QED) is 0.555. The molecule has 0 radical (unpaired) electrons. The molecule has 2 aromatic heterocycles. The number of amides is 1. The van der Waals surface area contributed by atoms with Crippen LogP contribution < -0.4 is 16.6 Å². The van der Waals surface area contributed by atoms with E-state index in [1.54, 1.807) is 36.9 Å². The second-order valence-electron chi connectivity index (χ2n) is 8.37. The van der Waals surface area contributed by atoms with Crippen molar-refractivity contribution >= 4 is 28.1 Å². The van der Waals surface area contributed by atoms with Gasteiger partial charge in [-0.2, -0.15) is 0 Å². The number of hydrogen-bond acceptors (Lipinski definition) is 7. The van der Waals surface area contributed by atoms with Crippen LogP contribution in [0.3, 0.4) is 0 Å². The van der Waals surface area contributed by atoms with Crippen LogP contribution >= 0.6 is 11.3 Å². The Hall–Kier alpha value is -3.24. The molecule has 0 spiro atoms. The van der Waals surface area contributed by atoms with Crippen LogP contribution in [0.25, 0.3) is 0 Å². The van der Waals surface area contributed by atoms with Crippen LogP contribution in [0.5, 0.6) is 0 Å². The molecule has 0 saturated carbocycles. The monoisotopic (exact) mass is 455 g/mol. The number of carbonyl (C=O) groups excluding carboxylic acids is 1. The number of carbonyl (C=O) groups is 1. The number of aromatic amines is 1. The molecule has 1 aromatic carbocycles. The molecule has 1 aliphatic rings. The molecule has 32 heavy (non-hydrogen) atoms. The van der Waals surface area contributed by atoms with E-state index < -0.39 is 22.9 Å². The molecule has 4 rings (SSSR count). The number of rotatable bonds is 4. The predicted molar refractivity (Wildman–Crippen MR) is 123 cm³/mol. The number of likely N-dealkylation sites (tertiary alicyclic amines) is 1. The molecule has 9 nitrogen and oxygen atoms in total. The Bertz CT molecular complexity index is 1280. The molecule has 3 aromatic rings. The third-order valence-electron chi connectivity index (χ3n) is 5.65. The Morgan fingerprint density at radius 3 is 2.81 bits per heavy atom. The lowest BCUT2D eigenvalue weighted by atomic mass is 9.88. The average Bonchev–Trinajstić information content (AvgIpc) is 3.14. The number of H-pyrrole nitrogens is 1. The molecule has 2 atom stereocenters. The molecule has 3 heterocycles. The fourth-order valence-electron chi connectivity index (χ4n) is 4.04. The maximum Gasteiger partial charge on any atom is 0.328 e. The maximum atomic E-state index is 13.2. The first-order chi connectivity index (χ1) is 15.1. The molecule has 0 aliphatic carbocycles. The highest BCUT2D eigenvalue weighted by Gasteiger charge is 2.41. The van der Waals surface area contributed by atoms with E-state index in [0.717, 1.165) is 16.5 Å². The molecule has 0 bridgehead atoms. The topological polar surface area (TPSA) is 120 Å². The van der Waals surface area contributed by atoms with Crippen LogP contribution in [0.2, 0.25) is 0 Å². The van der Waals surface area contributed by atoms with E-state index in [0.29, 0.717) is 24.1 Å². The summed E-state index contributed by atoms with van der Waals surface area (Å²) < 4.78 is 1.36. The number of β-amino-alcohol motifs (C(OH)–C–C–N with tert-alkyl or cyclic N) is 1. The first-order valence-corrected chi connectivity index (χ1v) is 11.1. The maximum absolute atomic E-state index is 13.2. The van der Waals surface area contributed by atoms with Crippen LogP contribution in [0.4, 0.5) is 10.8 Å². The Kier molecular flexibility index (Phi) is 5.74. The van der Waals surface area contributed by atoms with E-state index in [2.05, 4.69) is 15.3 Å². The summed E-state index contributed by atoms with van der Waals surface area (Å²) in [5, 5.41) is 17.0. The number of aliphatic hydroxyl groups is 1. The average molecular weight is 456 g/mol. The number of nitrogens with one attached hydrogen (secondary N) is 2. The van der Waals surface area contributed by atoms with Crippen LogP contribution in [-0.2, 0) is 0 Å². The molecular formula is C22H25N5O4S. The smallest absolute Gasteiger partial charge is 0.328 e. The van der Waals surface area contributed by atoms with Crippen molar-refractivity contribution in [3.8, 4) is 0 Å². The number of hydrogen-bond donors (Lipinski definition) is 3. The highest BCUT2D eigenvalue weighted by atomic mass is 32.1. The number of aryl methyl sites for hydroxylation is 2. The molecule has 1 amide bonds. The van der Waals surface area contributed by atoms with Crippen molar-refractivity contribution in [3.05, 3.63) is 73.5 Å². The van der Waals surface area contributed by atoms with Crippen molar-refractivity contribution in [2.24, 2.45) is 0 Å². The van der Waals surface area contributed by atoms with Gasteiger partial charge in [-0.3, -0.25) is 19.1 Å². The number of thiazole rings is 1. The minimum Gasteiger partial charge on any atom is -0.386 e. The van der Waals surface area contributed by atoms with Gasteiger partial charge >= 0.3 is 5.69 Å². The van der Waals surface area contributed by atoms with Crippen LogP contribution in [0.1, 0.15) is 41.0 Å². The van der Waals surface area contributed by atoms with E-state index in [1.165, 1.54) is 22.1 Å². The zero-order chi connectivity index (χ0) is 23.0. The van der Waals surface area contributed by atoms with Crippen LogP contribution in [0, 0.1) is 13.8 Å². The van der Waals surface area contributed by atoms with E-state index in [-0.39, 0.29) is 12.5 Å². The number of nitrogens with zero attached hydrogens (tertiary/aromatic N) is 3. The lowest BCUT2D eigenvalue weighted by Crippen LogP contribution is -2.56. The van der Waals surface area contributed by atoms with Crippen molar-refractivity contribution in [3.63, 3.8) is 0 Å². The number of aromatic nitrogens is 3. The fraction of sp³-hybridized carbons (Fsp3) is 0.364. The standard InChI is InChI=1S/C22H25N5O4S/c1-13-10-27(21(30)25-18(13)28)17-7-8-26(12-22(17,3)31)19(29)15-5-4-6-16(9-15)24-20-23-14(2)11-32-20/h4-6,9-11,17,31H,7-8,12H2,1-3H3,(H,23,24)(H,25,28,30)/t17-,22-/m0/s1. The lowest BCUT2D eigenvalue weighted by Gasteiger charge is -2.43. The van der Waals surface area contributed by atoms with Gasteiger partial charge in [-0.1, -0.05) is 6.07 Å². The van der Waals surface area contributed by atoms with Gasteiger partial charge in [0.1, 0.15) is 5.60 Å². The van der Waals surface area contributed by atoms with Gasteiger partial charge in [-0.15, -0.1) is 11.3 Å².